The number of benzene rings is 4. The zero-order valence-electron chi connectivity index (χ0n) is 35.5. The summed E-state index contributed by atoms with van der Waals surface area (Å²) in [5.74, 6) is -0.537. The van der Waals surface area contributed by atoms with E-state index in [1.807, 2.05) is 36.7 Å². The lowest BCUT2D eigenvalue weighted by molar-refractivity contribution is -0.143. The fourth-order valence-corrected chi connectivity index (χ4v) is 13.2. The average Bonchev–Trinajstić information content (AvgIpc) is 3.58. The third-order valence-corrected chi connectivity index (χ3v) is 21.4. The van der Waals surface area contributed by atoms with Crippen LogP contribution in [0.1, 0.15) is 95.0 Å². The summed E-state index contributed by atoms with van der Waals surface area (Å²) >= 11 is 0. The summed E-state index contributed by atoms with van der Waals surface area (Å²) in [6.07, 6.45) is 0.640. The molecule has 5 rings (SSSR count). The molecule has 0 aliphatic rings. The molecular formula is C46H63N3O5Si2. The summed E-state index contributed by atoms with van der Waals surface area (Å²) in [5.41, 5.74) is 6.48. The van der Waals surface area contributed by atoms with Gasteiger partial charge in [-0.15, -0.1) is 5.10 Å². The van der Waals surface area contributed by atoms with E-state index in [0.29, 0.717) is 26.2 Å². The molecule has 10 heteroatoms. The lowest BCUT2D eigenvalue weighted by Gasteiger charge is -2.46. The number of carbonyl (C=O) groups excluding carboxylic acids is 1. The van der Waals surface area contributed by atoms with Crippen LogP contribution in [0.4, 0.5) is 0 Å². The van der Waals surface area contributed by atoms with Crippen LogP contribution in [0, 0.1) is 13.8 Å². The largest absolute Gasteiger partial charge is 0.466 e. The highest BCUT2D eigenvalue weighted by Crippen LogP contribution is 2.40. The standard InChI is InChI=1S/C46H63N3O5Si2/c1-12-52-43(51)30-41(35-24-23-33(2)36(29-35)31-50)40-25-26-42-44(34(40)3)47-48-49(42)28-27-37(32-53-55(10,11)45(4,5)6)54-56(46(7,8)9,38-19-15-13-16-20-38)39-21-17-14-18-22-39/h13-26,29,37,41,50H,12,27-28,30-32H2,1-11H3/t37-,41?/m1/s1. The van der Waals surface area contributed by atoms with E-state index in [9.17, 15) is 9.90 Å². The first-order valence-electron chi connectivity index (χ1n) is 20.0. The molecule has 0 saturated heterocycles. The van der Waals surface area contributed by atoms with Crippen molar-refractivity contribution >= 4 is 44.0 Å². The normalized spacial score (nSPS) is 13.9. The van der Waals surface area contributed by atoms with Crippen molar-refractivity contribution < 1.29 is 23.5 Å². The number of aliphatic hydroxyl groups is 1. The molecule has 300 valence electrons. The van der Waals surface area contributed by atoms with Crippen LogP contribution in [-0.4, -0.2) is 62.0 Å². The van der Waals surface area contributed by atoms with Crippen LogP contribution in [0.3, 0.4) is 0 Å². The topological polar surface area (TPSA) is 95.7 Å². The number of aryl methyl sites for hydroxylation is 3. The molecule has 0 radical (unpaired) electrons. The molecule has 4 aromatic carbocycles. The fraction of sp³-hybridized carbons (Fsp3) is 0.457. The zero-order valence-corrected chi connectivity index (χ0v) is 37.5. The summed E-state index contributed by atoms with van der Waals surface area (Å²) in [6.45, 7) is 25.5. The Labute approximate surface area is 336 Å². The molecule has 0 aliphatic carbocycles. The molecule has 8 nitrogen and oxygen atoms in total. The first-order valence-corrected chi connectivity index (χ1v) is 24.9. The van der Waals surface area contributed by atoms with Crippen LogP contribution in [0.15, 0.2) is 91.0 Å². The molecule has 1 aromatic heterocycles. The number of rotatable bonds is 16. The maximum Gasteiger partial charge on any atom is 0.306 e. The van der Waals surface area contributed by atoms with E-state index in [0.717, 1.165) is 38.9 Å². The van der Waals surface area contributed by atoms with Crippen LogP contribution >= 0.6 is 0 Å². The highest BCUT2D eigenvalue weighted by atomic mass is 28.4. The lowest BCUT2D eigenvalue weighted by atomic mass is 9.84. The minimum Gasteiger partial charge on any atom is -0.466 e. The predicted molar refractivity (Wildman–Crippen MR) is 233 cm³/mol. The molecule has 0 spiro atoms. The fourth-order valence-electron chi connectivity index (χ4n) is 7.50. The molecule has 0 bridgehead atoms. The van der Waals surface area contributed by atoms with Gasteiger partial charge in [0.25, 0.3) is 8.32 Å². The number of hydrogen-bond acceptors (Lipinski definition) is 7. The van der Waals surface area contributed by atoms with Crippen molar-refractivity contribution in [2.45, 2.75) is 123 Å². The van der Waals surface area contributed by atoms with E-state index >= 15 is 0 Å². The van der Waals surface area contributed by atoms with Gasteiger partial charge in [-0.25, -0.2) is 4.68 Å². The Balaban J connectivity index is 1.53. The molecule has 56 heavy (non-hydrogen) atoms. The number of fused-ring (bicyclic) bond motifs is 1. The Kier molecular flexibility index (Phi) is 13.6. The van der Waals surface area contributed by atoms with Gasteiger partial charge in [0.15, 0.2) is 8.32 Å². The first kappa shape index (κ1) is 43.2. The number of aliphatic hydroxyl groups excluding tert-OH is 1. The van der Waals surface area contributed by atoms with Crippen LogP contribution in [-0.2, 0) is 31.5 Å². The molecule has 0 saturated carbocycles. The molecule has 1 heterocycles. The monoisotopic (exact) mass is 793 g/mol. The molecule has 0 fully saturated rings. The van der Waals surface area contributed by atoms with E-state index in [1.165, 1.54) is 10.4 Å². The highest BCUT2D eigenvalue weighted by Gasteiger charge is 2.51. The Bertz CT molecular complexity index is 2030. The van der Waals surface area contributed by atoms with Crippen LogP contribution in [0.2, 0.25) is 23.2 Å². The van der Waals surface area contributed by atoms with Crippen molar-refractivity contribution in [1.29, 1.82) is 0 Å². The maximum absolute atomic E-state index is 12.9. The molecule has 0 aliphatic heterocycles. The summed E-state index contributed by atoms with van der Waals surface area (Å²) in [6, 6.07) is 31.8. The summed E-state index contributed by atoms with van der Waals surface area (Å²) in [7, 11) is -5.00. The molecule has 5 aromatic rings. The third-order valence-electron chi connectivity index (χ3n) is 11.8. The van der Waals surface area contributed by atoms with Gasteiger partial charge in [0.05, 0.1) is 37.9 Å². The minimum absolute atomic E-state index is 0.0513. The van der Waals surface area contributed by atoms with E-state index < -0.39 is 16.6 Å². The third kappa shape index (κ3) is 9.26. The van der Waals surface area contributed by atoms with Crippen LogP contribution in [0.5, 0.6) is 0 Å². The molecular weight excluding hydrogens is 731 g/mol. The van der Waals surface area contributed by atoms with Crippen LogP contribution < -0.4 is 10.4 Å². The predicted octanol–water partition coefficient (Wildman–Crippen LogP) is 8.98. The van der Waals surface area contributed by atoms with Gasteiger partial charge in [-0.2, -0.15) is 0 Å². The lowest BCUT2D eigenvalue weighted by Crippen LogP contribution is -2.68. The van der Waals surface area contributed by atoms with Gasteiger partial charge in [-0.3, -0.25) is 4.79 Å². The second kappa shape index (κ2) is 17.7. The number of ether oxygens (including phenoxy) is 1. The number of aromatic nitrogens is 3. The van der Waals surface area contributed by atoms with Gasteiger partial charge in [0, 0.05) is 12.5 Å². The first-order chi connectivity index (χ1) is 26.4. The Morgan fingerprint density at radius 3 is 2.04 bits per heavy atom. The molecule has 1 N–H and O–H groups in total. The quantitative estimate of drug-likeness (QED) is 0.0788. The minimum atomic E-state index is -2.89. The average molecular weight is 794 g/mol. The van der Waals surface area contributed by atoms with Crippen molar-refractivity contribution in [2.75, 3.05) is 13.2 Å². The van der Waals surface area contributed by atoms with Gasteiger partial charge in [0.1, 0.15) is 5.52 Å². The molecule has 2 atom stereocenters. The molecule has 0 amide bonds. The second-order valence-corrected chi connectivity index (χ2v) is 26.7. The summed E-state index contributed by atoms with van der Waals surface area (Å²) in [5, 5.41) is 21.8. The van der Waals surface area contributed by atoms with Gasteiger partial charge >= 0.3 is 5.97 Å². The Morgan fingerprint density at radius 2 is 1.48 bits per heavy atom. The smallest absolute Gasteiger partial charge is 0.306 e. The Morgan fingerprint density at radius 1 is 0.857 bits per heavy atom. The van der Waals surface area contributed by atoms with E-state index in [2.05, 4.69) is 134 Å². The SMILES string of the molecule is CCOC(=O)CC(c1ccc(C)c(CO)c1)c1ccc2c(nnn2CC[C@H](CO[Si](C)(C)C(C)(C)C)O[Si](c2ccccc2)(c2ccccc2)C(C)(C)C)c1C. The zero-order chi connectivity index (χ0) is 40.9. The van der Waals surface area contributed by atoms with Crippen molar-refractivity contribution in [3.05, 3.63) is 119 Å². The van der Waals surface area contributed by atoms with Crippen molar-refractivity contribution in [1.82, 2.24) is 15.0 Å². The number of esters is 1. The number of nitrogens with zero attached hydrogens (tertiary/aromatic N) is 3. The highest BCUT2D eigenvalue weighted by molar-refractivity contribution is 6.99. The van der Waals surface area contributed by atoms with E-state index in [1.54, 1.807) is 0 Å². The van der Waals surface area contributed by atoms with Crippen LogP contribution in [0.25, 0.3) is 11.0 Å². The van der Waals surface area contributed by atoms with Gasteiger partial charge in [0.2, 0.25) is 0 Å². The summed E-state index contributed by atoms with van der Waals surface area (Å²) < 4.78 is 22.1. The number of carbonyl (C=O) groups is 1. The van der Waals surface area contributed by atoms with E-state index in [-0.39, 0.29) is 41.1 Å². The van der Waals surface area contributed by atoms with Gasteiger partial charge < -0.3 is 18.7 Å². The maximum atomic E-state index is 12.9. The van der Waals surface area contributed by atoms with Crippen molar-refractivity contribution in [3.8, 4) is 0 Å². The number of hydrogen-bond donors (Lipinski definition) is 1. The molecule has 1 unspecified atom stereocenters. The van der Waals surface area contributed by atoms with Crippen molar-refractivity contribution in [3.63, 3.8) is 0 Å². The summed E-state index contributed by atoms with van der Waals surface area (Å²) in [4.78, 5) is 12.9. The second-order valence-electron chi connectivity index (χ2n) is 17.6. The van der Waals surface area contributed by atoms with E-state index in [4.69, 9.17) is 23.9 Å². The van der Waals surface area contributed by atoms with Gasteiger partial charge in [-0.05, 0) is 94.6 Å². The Hall–Kier alpha value is -3.94. The van der Waals surface area contributed by atoms with Gasteiger partial charge in [-0.1, -0.05) is 132 Å². The van der Waals surface area contributed by atoms with Crippen molar-refractivity contribution in [2.24, 2.45) is 0 Å².